The van der Waals surface area contributed by atoms with Gasteiger partial charge in [0.25, 0.3) is 6.43 Å². The van der Waals surface area contributed by atoms with Crippen molar-refractivity contribution in [3.05, 3.63) is 29.3 Å². The highest BCUT2D eigenvalue weighted by molar-refractivity contribution is 5.37. The van der Waals surface area contributed by atoms with Crippen LogP contribution in [0.2, 0.25) is 0 Å². The first-order chi connectivity index (χ1) is 6.79. The Morgan fingerprint density at radius 1 is 1.20 bits per heavy atom. The topological polar surface area (TPSA) is 9.23 Å². The summed E-state index contributed by atoms with van der Waals surface area (Å²) in [6.07, 6.45) is -7.96. The molecule has 84 valence electrons. The van der Waals surface area contributed by atoms with E-state index in [1.54, 1.807) is 0 Å². The number of benzene rings is 1. The molecule has 0 spiro atoms. The molecule has 0 bridgehead atoms. The van der Waals surface area contributed by atoms with Gasteiger partial charge in [-0.25, -0.2) is 8.78 Å². The number of hydrogen-bond donors (Lipinski definition) is 0. The van der Waals surface area contributed by atoms with E-state index in [4.69, 9.17) is 0 Å². The largest absolute Gasteiger partial charge is 0.573 e. The number of hydrogen-bond acceptors (Lipinski definition) is 1. The SMILES string of the molecule is Cc1ccc(OC(F)(F)F)c(C(F)F)c1. The summed E-state index contributed by atoms with van der Waals surface area (Å²) in [5.74, 6) is -0.858. The fraction of sp³-hybridized carbons (Fsp3) is 0.333. The first-order valence-corrected chi connectivity index (χ1v) is 3.94. The molecule has 1 nitrogen and oxygen atoms in total. The van der Waals surface area contributed by atoms with Crippen LogP contribution in [0.5, 0.6) is 5.75 Å². The molecule has 1 rings (SSSR count). The average molecular weight is 226 g/mol. The maximum absolute atomic E-state index is 12.3. The van der Waals surface area contributed by atoms with Crippen LogP contribution in [-0.4, -0.2) is 6.36 Å². The first-order valence-electron chi connectivity index (χ1n) is 3.94. The van der Waals surface area contributed by atoms with Gasteiger partial charge in [-0.1, -0.05) is 11.6 Å². The van der Waals surface area contributed by atoms with Gasteiger partial charge < -0.3 is 4.74 Å². The number of ether oxygens (including phenoxy) is 1. The predicted molar refractivity (Wildman–Crippen MR) is 42.8 cm³/mol. The van der Waals surface area contributed by atoms with E-state index in [-0.39, 0.29) is 0 Å². The van der Waals surface area contributed by atoms with Gasteiger partial charge in [-0.05, 0) is 19.1 Å². The molecule has 0 aliphatic heterocycles. The third kappa shape index (κ3) is 3.38. The van der Waals surface area contributed by atoms with Crippen LogP contribution in [0.25, 0.3) is 0 Å². The fourth-order valence-electron chi connectivity index (χ4n) is 1.06. The molecule has 0 atom stereocenters. The first kappa shape index (κ1) is 11.7. The van der Waals surface area contributed by atoms with E-state index in [1.807, 2.05) is 0 Å². The lowest BCUT2D eigenvalue weighted by molar-refractivity contribution is -0.275. The molecule has 0 unspecified atom stereocenters. The van der Waals surface area contributed by atoms with Crippen molar-refractivity contribution in [1.29, 1.82) is 0 Å². The van der Waals surface area contributed by atoms with Crippen LogP contribution in [0.4, 0.5) is 22.0 Å². The van der Waals surface area contributed by atoms with E-state index >= 15 is 0 Å². The molecule has 1 aromatic carbocycles. The minimum Gasteiger partial charge on any atom is -0.405 e. The summed E-state index contributed by atoms with van der Waals surface area (Å²) in [7, 11) is 0. The van der Waals surface area contributed by atoms with Crippen LogP contribution in [0.3, 0.4) is 0 Å². The summed E-state index contributed by atoms with van der Waals surface area (Å²) >= 11 is 0. The minimum absolute atomic E-state index is 0.444. The van der Waals surface area contributed by atoms with Gasteiger partial charge in [0.2, 0.25) is 0 Å². The van der Waals surface area contributed by atoms with Crippen LogP contribution in [0.15, 0.2) is 18.2 Å². The molecule has 0 aliphatic carbocycles. The second kappa shape index (κ2) is 4.04. The third-order valence-electron chi connectivity index (χ3n) is 1.63. The summed E-state index contributed by atoms with van der Waals surface area (Å²) in [5, 5.41) is 0. The van der Waals surface area contributed by atoms with Crippen LogP contribution in [-0.2, 0) is 0 Å². The molecule has 0 heterocycles. The predicted octanol–water partition coefficient (Wildman–Crippen LogP) is 3.83. The molecule has 0 saturated heterocycles. The zero-order chi connectivity index (χ0) is 11.6. The lowest BCUT2D eigenvalue weighted by Crippen LogP contribution is -2.18. The van der Waals surface area contributed by atoms with Gasteiger partial charge in [-0.2, -0.15) is 0 Å². The van der Waals surface area contributed by atoms with E-state index in [0.717, 1.165) is 12.1 Å². The number of rotatable bonds is 2. The molecule has 0 N–H and O–H groups in total. The van der Waals surface area contributed by atoms with Crippen molar-refractivity contribution in [3.63, 3.8) is 0 Å². The van der Waals surface area contributed by atoms with Gasteiger partial charge in [-0.15, -0.1) is 13.2 Å². The Labute approximate surface area is 82.5 Å². The lowest BCUT2D eigenvalue weighted by Gasteiger charge is -2.13. The van der Waals surface area contributed by atoms with E-state index in [2.05, 4.69) is 4.74 Å². The Morgan fingerprint density at radius 2 is 1.80 bits per heavy atom. The zero-order valence-electron chi connectivity index (χ0n) is 7.61. The normalized spacial score (nSPS) is 11.9. The van der Waals surface area contributed by atoms with Crippen molar-refractivity contribution >= 4 is 0 Å². The van der Waals surface area contributed by atoms with Gasteiger partial charge in [0.1, 0.15) is 5.75 Å². The van der Waals surface area contributed by atoms with Crippen molar-refractivity contribution in [2.24, 2.45) is 0 Å². The Hall–Kier alpha value is -1.33. The maximum atomic E-state index is 12.3. The van der Waals surface area contributed by atoms with E-state index < -0.39 is 24.1 Å². The van der Waals surface area contributed by atoms with Crippen LogP contribution in [0.1, 0.15) is 17.6 Å². The molecule has 0 aromatic heterocycles. The number of aryl methyl sites for hydroxylation is 1. The molecular weight excluding hydrogens is 219 g/mol. The van der Waals surface area contributed by atoms with Gasteiger partial charge in [-0.3, -0.25) is 0 Å². The smallest absolute Gasteiger partial charge is 0.405 e. The monoisotopic (exact) mass is 226 g/mol. The molecule has 0 fully saturated rings. The Bertz CT molecular complexity index is 345. The van der Waals surface area contributed by atoms with Gasteiger partial charge >= 0.3 is 6.36 Å². The second-order valence-corrected chi connectivity index (χ2v) is 2.89. The third-order valence-corrected chi connectivity index (χ3v) is 1.63. The Kier molecular flexibility index (Phi) is 3.16. The summed E-state index contributed by atoms with van der Waals surface area (Å²) in [6.45, 7) is 1.50. The molecule has 0 saturated carbocycles. The van der Waals surface area contributed by atoms with Crippen LogP contribution >= 0.6 is 0 Å². The standard InChI is InChI=1S/C9H7F5O/c1-5-2-3-7(15-9(12,13)14)6(4-5)8(10)11/h2-4,8H,1H3. The summed E-state index contributed by atoms with van der Waals surface area (Å²) in [5.41, 5.74) is -0.313. The molecule has 0 aliphatic rings. The Morgan fingerprint density at radius 3 is 2.27 bits per heavy atom. The minimum atomic E-state index is -4.96. The van der Waals surface area contributed by atoms with Crippen molar-refractivity contribution < 1.29 is 26.7 Å². The Balaban J connectivity index is 3.06. The van der Waals surface area contributed by atoms with E-state index in [9.17, 15) is 22.0 Å². The van der Waals surface area contributed by atoms with Crippen LogP contribution < -0.4 is 4.74 Å². The van der Waals surface area contributed by atoms with Gasteiger partial charge in [0.15, 0.2) is 0 Å². The summed E-state index contributed by atoms with van der Waals surface area (Å²) in [4.78, 5) is 0. The number of alkyl halides is 5. The zero-order valence-corrected chi connectivity index (χ0v) is 7.61. The van der Waals surface area contributed by atoms with Crippen molar-refractivity contribution in [3.8, 4) is 5.75 Å². The van der Waals surface area contributed by atoms with Gasteiger partial charge in [0.05, 0.1) is 5.56 Å². The molecule has 0 radical (unpaired) electrons. The molecule has 1 aromatic rings. The molecule has 15 heavy (non-hydrogen) atoms. The fourth-order valence-corrected chi connectivity index (χ4v) is 1.06. The van der Waals surface area contributed by atoms with Crippen LogP contribution in [0, 0.1) is 6.92 Å². The summed E-state index contributed by atoms with van der Waals surface area (Å²) < 4.78 is 63.6. The molecular formula is C9H7F5O. The highest BCUT2D eigenvalue weighted by atomic mass is 19.4. The molecule has 6 heteroatoms. The highest BCUT2D eigenvalue weighted by Crippen LogP contribution is 2.33. The quantitative estimate of drug-likeness (QED) is 0.696. The number of halogens is 5. The van der Waals surface area contributed by atoms with Crippen molar-refractivity contribution in [2.75, 3.05) is 0 Å². The second-order valence-electron chi connectivity index (χ2n) is 2.89. The molecule has 0 amide bonds. The van der Waals surface area contributed by atoms with E-state index in [1.165, 1.54) is 13.0 Å². The maximum Gasteiger partial charge on any atom is 0.573 e. The average Bonchev–Trinajstić information content (AvgIpc) is 2.05. The highest BCUT2D eigenvalue weighted by Gasteiger charge is 2.33. The summed E-state index contributed by atoms with van der Waals surface area (Å²) in [6, 6.07) is 3.11. The van der Waals surface area contributed by atoms with E-state index in [0.29, 0.717) is 5.56 Å². The van der Waals surface area contributed by atoms with Gasteiger partial charge in [0, 0.05) is 0 Å². The van der Waals surface area contributed by atoms with Crippen molar-refractivity contribution in [1.82, 2.24) is 0 Å². The lowest BCUT2D eigenvalue weighted by atomic mass is 10.1. The van der Waals surface area contributed by atoms with Crippen molar-refractivity contribution in [2.45, 2.75) is 19.7 Å².